The molecule has 1 N–H and O–H groups in total. The quantitative estimate of drug-likeness (QED) is 0.907. The SMILES string of the molecule is COc1ccc(CNC(=O)C(C)(C)c2ccc(Cl)cc2)cc1. The maximum absolute atomic E-state index is 12.5. The Morgan fingerprint density at radius 3 is 2.23 bits per heavy atom. The van der Waals surface area contributed by atoms with Crippen LogP contribution in [0.4, 0.5) is 0 Å². The molecule has 0 spiro atoms. The summed E-state index contributed by atoms with van der Waals surface area (Å²) < 4.78 is 5.12. The molecule has 0 radical (unpaired) electrons. The molecule has 0 heterocycles. The zero-order valence-electron chi connectivity index (χ0n) is 13.0. The highest BCUT2D eigenvalue weighted by molar-refractivity contribution is 6.30. The fourth-order valence-corrected chi connectivity index (χ4v) is 2.27. The van der Waals surface area contributed by atoms with Crippen LogP contribution in [0.5, 0.6) is 5.75 Å². The normalized spacial score (nSPS) is 11.1. The standard InChI is InChI=1S/C18H20ClNO2/c1-18(2,14-6-8-15(19)9-7-14)17(21)20-12-13-4-10-16(22-3)11-5-13/h4-11H,12H2,1-3H3,(H,20,21). The molecule has 22 heavy (non-hydrogen) atoms. The van der Waals surface area contributed by atoms with Gasteiger partial charge in [0.05, 0.1) is 12.5 Å². The highest BCUT2D eigenvalue weighted by atomic mass is 35.5. The van der Waals surface area contributed by atoms with Gasteiger partial charge in [0.15, 0.2) is 0 Å². The highest BCUT2D eigenvalue weighted by Gasteiger charge is 2.29. The van der Waals surface area contributed by atoms with Crippen molar-refractivity contribution < 1.29 is 9.53 Å². The number of amides is 1. The van der Waals surface area contributed by atoms with E-state index < -0.39 is 5.41 Å². The third-order valence-electron chi connectivity index (χ3n) is 3.75. The lowest BCUT2D eigenvalue weighted by Gasteiger charge is -2.24. The van der Waals surface area contributed by atoms with E-state index in [4.69, 9.17) is 16.3 Å². The van der Waals surface area contributed by atoms with Gasteiger partial charge in [-0.1, -0.05) is 35.9 Å². The number of carbonyl (C=O) groups excluding carboxylic acids is 1. The Morgan fingerprint density at radius 2 is 1.68 bits per heavy atom. The van der Waals surface area contributed by atoms with E-state index in [-0.39, 0.29) is 5.91 Å². The molecule has 0 bridgehead atoms. The number of methoxy groups -OCH3 is 1. The third-order valence-corrected chi connectivity index (χ3v) is 4.00. The summed E-state index contributed by atoms with van der Waals surface area (Å²) in [6, 6.07) is 15.0. The average molecular weight is 318 g/mol. The van der Waals surface area contributed by atoms with Gasteiger partial charge >= 0.3 is 0 Å². The highest BCUT2D eigenvalue weighted by Crippen LogP contribution is 2.25. The maximum Gasteiger partial charge on any atom is 0.230 e. The molecule has 0 aliphatic heterocycles. The van der Waals surface area contributed by atoms with E-state index in [0.29, 0.717) is 11.6 Å². The molecule has 0 saturated carbocycles. The molecule has 3 nitrogen and oxygen atoms in total. The van der Waals surface area contributed by atoms with Crippen LogP contribution in [0.15, 0.2) is 48.5 Å². The minimum absolute atomic E-state index is 0.0226. The van der Waals surface area contributed by atoms with Gasteiger partial charge in [0, 0.05) is 11.6 Å². The summed E-state index contributed by atoms with van der Waals surface area (Å²) in [5, 5.41) is 3.64. The second kappa shape index (κ2) is 6.84. The van der Waals surface area contributed by atoms with Gasteiger partial charge in [-0.3, -0.25) is 4.79 Å². The fraction of sp³-hybridized carbons (Fsp3) is 0.278. The van der Waals surface area contributed by atoms with Gasteiger partial charge in [-0.25, -0.2) is 0 Å². The number of hydrogen-bond acceptors (Lipinski definition) is 2. The van der Waals surface area contributed by atoms with E-state index in [9.17, 15) is 4.79 Å². The molecule has 0 saturated heterocycles. The summed E-state index contributed by atoms with van der Waals surface area (Å²) in [4.78, 5) is 12.5. The van der Waals surface area contributed by atoms with E-state index in [1.807, 2.05) is 50.2 Å². The van der Waals surface area contributed by atoms with E-state index in [1.165, 1.54) is 0 Å². The minimum atomic E-state index is -0.614. The molecule has 0 atom stereocenters. The predicted octanol–water partition coefficient (Wildman–Crippen LogP) is 3.94. The summed E-state index contributed by atoms with van der Waals surface area (Å²) in [7, 11) is 1.63. The Hall–Kier alpha value is -2.00. The number of benzene rings is 2. The van der Waals surface area contributed by atoms with Crippen molar-refractivity contribution in [3.05, 3.63) is 64.7 Å². The van der Waals surface area contributed by atoms with Crippen LogP contribution in [0.2, 0.25) is 5.02 Å². The van der Waals surface area contributed by atoms with Gasteiger partial charge in [-0.05, 0) is 49.2 Å². The molecular formula is C18H20ClNO2. The molecule has 116 valence electrons. The van der Waals surface area contributed by atoms with Crippen LogP contribution in [-0.2, 0) is 16.8 Å². The molecule has 0 aliphatic carbocycles. The van der Waals surface area contributed by atoms with Gasteiger partial charge < -0.3 is 10.1 Å². The summed E-state index contributed by atoms with van der Waals surface area (Å²) in [6.07, 6.45) is 0. The van der Waals surface area contributed by atoms with Crippen LogP contribution < -0.4 is 10.1 Å². The number of nitrogens with one attached hydrogen (secondary N) is 1. The number of hydrogen-bond donors (Lipinski definition) is 1. The first-order chi connectivity index (χ1) is 10.4. The lowest BCUT2D eigenvalue weighted by Crippen LogP contribution is -2.39. The second-order valence-corrected chi connectivity index (χ2v) is 6.10. The Labute approximate surface area is 136 Å². The molecule has 0 unspecified atom stereocenters. The van der Waals surface area contributed by atoms with Crippen LogP contribution in [0.3, 0.4) is 0 Å². The monoisotopic (exact) mass is 317 g/mol. The molecule has 2 aromatic carbocycles. The molecule has 0 fully saturated rings. The largest absolute Gasteiger partial charge is 0.497 e. The topological polar surface area (TPSA) is 38.3 Å². The van der Waals surface area contributed by atoms with Crippen LogP contribution in [0.25, 0.3) is 0 Å². The zero-order valence-corrected chi connectivity index (χ0v) is 13.8. The number of ether oxygens (including phenoxy) is 1. The van der Waals surface area contributed by atoms with E-state index in [1.54, 1.807) is 19.2 Å². The average Bonchev–Trinajstić information content (AvgIpc) is 2.53. The Balaban J connectivity index is 2.02. The third kappa shape index (κ3) is 3.80. The molecule has 4 heteroatoms. The number of rotatable bonds is 5. The Morgan fingerprint density at radius 1 is 1.09 bits per heavy atom. The number of carbonyl (C=O) groups is 1. The van der Waals surface area contributed by atoms with Gasteiger partial charge in [0.1, 0.15) is 5.75 Å². The van der Waals surface area contributed by atoms with Crippen molar-refractivity contribution in [3.63, 3.8) is 0 Å². The zero-order chi connectivity index (χ0) is 16.2. The number of halogens is 1. The summed E-state index contributed by atoms with van der Waals surface area (Å²) >= 11 is 5.90. The van der Waals surface area contributed by atoms with Crippen LogP contribution in [0, 0.1) is 0 Å². The first-order valence-corrected chi connectivity index (χ1v) is 7.48. The van der Waals surface area contributed by atoms with Crippen molar-refractivity contribution in [2.45, 2.75) is 25.8 Å². The van der Waals surface area contributed by atoms with Crippen molar-refractivity contribution >= 4 is 17.5 Å². The Bertz CT molecular complexity index is 633. The van der Waals surface area contributed by atoms with Crippen LogP contribution in [-0.4, -0.2) is 13.0 Å². The van der Waals surface area contributed by atoms with E-state index in [0.717, 1.165) is 16.9 Å². The van der Waals surface area contributed by atoms with Crippen LogP contribution in [0.1, 0.15) is 25.0 Å². The van der Waals surface area contributed by atoms with Crippen molar-refractivity contribution in [2.24, 2.45) is 0 Å². The van der Waals surface area contributed by atoms with Gasteiger partial charge in [-0.2, -0.15) is 0 Å². The minimum Gasteiger partial charge on any atom is -0.497 e. The lowest BCUT2D eigenvalue weighted by atomic mass is 9.83. The molecule has 1 amide bonds. The predicted molar refractivity (Wildman–Crippen MR) is 89.3 cm³/mol. The first kappa shape index (κ1) is 16.4. The summed E-state index contributed by atoms with van der Waals surface area (Å²) in [6.45, 7) is 4.29. The maximum atomic E-state index is 12.5. The van der Waals surface area contributed by atoms with Gasteiger partial charge in [-0.15, -0.1) is 0 Å². The van der Waals surface area contributed by atoms with Crippen LogP contribution >= 0.6 is 11.6 Å². The molecule has 0 aromatic heterocycles. The molecule has 2 aromatic rings. The molecule has 2 rings (SSSR count). The van der Waals surface area contributed by atoms with Crippen molar-refractivity contribution in [2.75, 3.05) is 7.11 Å². The lowest BCUT2D eigenvalue weighted by molar-refractivity contribution is -0.125. The Kier molecular flexibility index (Phi) is 5.09. The molecule has 0 aliphatic rings. The summed E-state index contributed by atoms with van der Waals surface area (Å²) in [5.74, 6) is 0.780. The van der Waals surface area contributed by atoms with Crippen molar-refractivity contribution in [1.82, 2.24) is 5.32 Å². The first-order valence-electron chi connectivity index (χ1n) is 7.11. The second-order valence-electron chi connectivity index (χ2n) is 5.66. The molecular weight excluding hydrogens is 298 g/mol. The smallest absolute Gasteiger partial charge is 0.230 e. The van der Waals surface area contributed by atoms with E-state index in [2.05, 4.69) is 5.32 Å². The fourth-order valence-electron chi connectivity index (χ4n) is 2.14. The van der Waals surface area contributed by atoms with Crippen molar-refractivity contribution in [3.8, 4) is 5.75 Å². The van der Waals surface area contributed by atoms with Gasteiger partial charge in [0.25, 0.3) is 0 Å². The summed E-state index contributed by atoms with van der Waals surface area (Å²) in [5.41, 5.74) is 1.35. The van der Waals surface area contributed by atoms with E-state index >= 15 is 0 Å². The van der Waals surface area contributed by atoms with Gasteiger partial charge in [0.2, 0.25) is 5.91 Å². The van der Waals surface area contributed by atoms with Crippen molar-refractivity contribution in [1.29, 1.82) is 0 Å².